The summed E-state index contributed by atoms with van der Waals surface area (Å²) >= 11 is 11.9. The van der Waals surface area contributed by atoms with Crippen LogP contribution in [0.15, 0.2) is 12.3 Å². The first-order valence-corrected chi connectivity index (χ1v) is 6.28. The van der Waals surface area contributed by atoms with Crippen LogP contribution in [0.5, 0.6) is 0 Å². The standard InChI is InChI=1S/C11H15Cl2N3O/c12-8-5-9(13)10(15-6-8)16-3-1-11(17,7-14)2-4-16/h5-6,17H,1-4,7,14H2. The summed E-state index contributed by atoms with van der Waals surface area (Å²) in [6.45, 7) is 1.69. The highest BCUT2D eigenvalue weighted by Crippen LogP contribution is 2.30. The fraction of sp³-hybridized carbons (Fsp3) is 0.545. The second kappa shape index (κ2) is 4.98. The van der Waals surface area contributed by atoms with Gasteiger partial charge < -0.3 is 15.7 Å². The molecule has 4 nitrogen and oxygen atoms in total. The van der Waals surface area contributed by atoms with Gasteiger partial charge in [-0.05, 0) is 18.9 Å². The van der Waals surface area contributed by atoms with Crippen LogP contribution < -0.4 is 10.6 Å². The van der Waals surface area contributed by atoms with Crippen molar-refractivity contribution in [1.29, 1.82) is 0 Å². The maximum atomic E-state index is 10.0. The van der Waals surface area contributed by atoms with E-state index in [1.807, 2.05) is 4.90 Å². The molecule has 6 heteroatoms. The molecule has 2 heterocycles. The minimum absolute atomic E-state index is 0.294. The summed E-state index contributed by atoms with van der Waals surface area (Å²) in [5.74, 6) is 0.718. The number of hydrogen-bond donors (Lipinski definition) is 2. The van der Waals surface area contributed by atoms with Crippen LogP contribution in [0.4, 0.5) is 5.82 Å². The Hall–Kier alpha value is -0.550. The largest absolute Gasteiger partial charge is 0.388 e. The monoisotopic (exact) mass is 275 g/mol. The SMILES string of the molecule is NCC1(O)CCN(c2ncc(Cl)cc2Cl)CC1. The maximum absolute atomic E-state index is 10.0. The van der Waals surface area contributed by atoms with Crippen molar-refractivity contribution in [3.05, 3.63) is 22.3 Å². The average molecular weight is 276 g/mol. The zero-order valence-electron chi connectivity index (χ0n) is 9.37. The molecule has 1 aromatic rings. The Morgan fingerprint density at radius 1 is 1.41 bits per heavy atom. The molecular formula is C11H15Cl2N3O. The Kier molecular flexibility index (Phi) is 3.78. The molecular weight excluding hydrogens is 261 g/mol. The number of pyridine rings is 1. The van der Waals surface area contributed by atoms with Crippen LogP contribution in [0.3, 0.4) is 0 Å². The van der Waals surface area contributed by atoms with Crippen LogP contribution >= 0.6 is 23.2 Å². The molecule has 0 radical (unpaired) electrons. The Balaban J connectivity index is 2.10. The van der Waals surface area contributed by atoms with E-state index in [0.717, 1.165) is 5.82 Å². The van der Waals surface area contributed by atoms with E-state index < -0.39 is 5.60 Å². The second-order valence-electron chi connectivity index (χ2n) is 4.37. The minimum Gasteiger partial charge on any atom is -0.388 e. The quantitative estimate of drug-likeness (QED) is 0.862. The number of hydrogen-bond acceptors (Lipinski definition) is 4. The first-order chi connectivity index (χ1) is 8.04. The van der Waals surface area contributed by atoms with E-state index in [1.54, 1.807) is 12.3 Å². The fourth-order valence-electron chi connectivity index (χ4n) is 1.98. The second-order valence-corrected chi connectivity index (χ2v) is 5.22. The zero-order valence-corrected chi connectivity index (χ0v) is 10.9. The van der Waals surface area contributed by atoms with Gasteiger partial charge in [-0.2, -0.15) is 0 Å². The lowest BCUT2D eigenvalue weighted by atomic mass is 9.92. The Bertz CT molecular complexity index is 406. The molecule has 94 valence electrons. The van der Waals surface area contributed by atoms with E-state index in [2.05, 4.69) is 4.98 Å². The molecule has 3 N–H and O–H groups in total. The van der Waals surface area contributed by atoms with Crippen molar-refractivity contribution in [2.24, 2.45) is 5.73 Å². The summed E-state index contributed by atoms with van der Waals surface area (Å²) in [7, 11) is 0. The first-order valence-electron chi connectivity index (χ1n) is 5.52. The van der Waals surface area contributed by atoms with Gasteiger partial charge in [0.05, 0.1) is 15.6 Å². The van der Waals surface area contributed by atoms with Crippen molar-refractivity contribution in [2.75, 3.05) is 24.5 Å². The maximum Gasteiger partial charge on any atom is 0.147 e. The summed E-state index contributed by atoms with van der Waals surface area (Å²) in [5, 5.41) is 11.1. The topological polar surface area (TPSA) is 62.4 Å². The highest BCUT2D eigenvalue weighted by molar-refractivity contribution is 6.36. The summed E-state index contributed by atoms with van der Waals surface area (Å²) in [6, 6.07) is 1.68. The van der Waals surface area contributed by atoms with Gasteiger partial charge in [0.25, 0.3) is 0 Å². The number of aliphatic hydroxyl groups is 1. The van der Waals surface area contributed by atoms with Gasteiger partial charge in [0.1, 0.15) is 5.82 Å². The first kappa shape index (κ1) is 12.9. The third-order valence-corrected chi connectivity index (χ3v) is 3.65. The number of rotatable bonds is 2. The minimum atomic E-state index is -0.741. The lowest BCUT2D eigenvalue weighted by Gasteiger charge is -2.38. The van der Waals surface area contributed by atoms with Crippen LogP contribution in [0.1, 0.15) is 12.8 Å². The number of piperidine rings is 1. The van der Waals surface area contributed by atoms with Crippen molar-refractivity contribution in [2.45, 2.75) is 18.4 Å². The highest BCUT2D eigenvalue weighted by atomic mass is 35.5. The molecule has 0 spiro atoms. The molecule has 0 unspecified atom stereocenters. The van der Waals surface area contributed by atoms with Crippen molar-refractivity contribution in [3.8, 4) is 0 Å². The molecule has 1 aliphatic heterocycles. The molecule has 0 aliphatic carbocycles. The fourth-order valence-corrected chi connectivity index (χ4v) is 2.48. The number of nitrogens with two attached hydrogens (primary N) is 1. The van der Waals surface area contributed by atoms with Gasteiger partial charge in [-0.25, -0.2) is 4.98 Å². The van der Waals surface area contributed by atoms with Crippen LogP contribution in [0.2, 0.25) is 10.0 Å². The molecule has 0 bridgehead atoms. The smallest absolute Gasteiger partial charge is 0.147 e. The van der Waals surface area contributed by atoms with E-state index in [9.17, 15) is 5.11 Å². The van der Waals surface area contributed by atoms with E-state index in [4.69, 9.17) is 28.9 Å². The summed E-state index contributed by atoms with van der Waals surface area (Å²) in [4.78, 5) is 6.27. The third-order valence-electron chi connectivity index (χ3n) is 3.16. The molecule has 1 saturated heterocycles. The van der Waals surface area contributed by atoms with Crippen molar-refractivity contribution in [1.82, 2.24) is 4.98 Å². The van der Waals surface area contributed by atoms with E-state index >= 15 is 0 Å². The molecule has 0 aromatic carbocycles. The summed E-state index contributed by atoms with van der Waals surface area (Å²) in [5.41, 5.74) is 4.80. The van der Waals surface area contributed by atoms with Gasteiger partial charge in [0.2, 0.25) is 0 Å². The lowest BCUT2D eigenvalue weighted by molar-refractivity contribution is 0.0249. The zero-order chi connectivity index (χ0) is 12.5. The average Bonchev–Trinajstić information content (AvgIpc) is 2.31. The van der Waals surface area contributed by atoms with E-state index in [-0.39, 0.29) is 0 Å². The van der Waals surface area contributed by atoms with Crippen LogP contribution in [0.25, 0.3) is 0 Å². The number of halogens is 2. The number of anilines is 1. The van der Waals surface area contributed by atoms with Gasteiger partial charge in [0, 0.05) is 25.8 Å². The molecule has 1 aliphatic rings. The van der Waals surface area contributed by atoms with Gasteiger partial charge in [-0.1, -0.05) is 23.2 Å². The molecule has 0 amide bonds. The van der Waals surface area contributed by atoms with Gasteiger partial charge in [-0.15, -0.1) is 0 Å². The van der Waals surface area contributed by atoms with Crippen LogP contribution in [-0.4, -0.2) is 35.3 Å². The van der Waals surface area contributed by atoms with E-state index in [1.165, 1.54) is 0 Å². The third kappa shape index (κ3) is 2.83. The van der Waals surface area contributed by atoms with Gasteiger partial charge in [0.15, 0.2) is 0 Å². The molecule has 1 fully saturated rings. The lowest BCUT2D eigenvalue weighted by Crippen LogP contribution is -2.49. The number of nitrogens with zero attached hydrogens (tertiary/aromatic N) is 2. The Labute approximate surface area is 110 Å². The molecule has 2 rings (SSSR count). The van der Waals surface area contributed by atoms with Crippen molar-refractivity contribution < 1.29 is 5.11 Å². The molecule has 0 saturated carbocycles. The van der Waals surface area contributed by atoms with Crippen molar-refractivity contribution in [3.63, 3.8) is 0 Å². The molecule has 1 aromatic heterocycles. The van der Waals surface area contributed by atoms with E-state index in [0.29, 0.717) is 42.5 Å². The van der Waals surface area contributed by atoms with Gasteiger partial charge >= 0.3 is 0 Å². The normalized spacial score (nSPS) is 19.4. The van der Waals surface area contributed by atoms with Gasteiger partial charge in [-0.3, -0.25) is 0 Å². The number of aromatic nitrogens is 1. The Morgan fingerprint density at radius 2 is 2.06 bits per heavy atom. The molecule has 17 heavy (non-hydrogen) atoms. The highest BCUT2D eigenvalue weighted by Gasteiger charge is 2.31. The van der Waals surface area contributed by atoms with Crippen LogP contribution in [-0.2, 0) is 0 Å². The van der Waals surface area contributed by atoms with Crippen molar-refractivity contribution >= 4 is 29.0 Å². The summed E-state index contributed by atoms with van der Waals surface area (Å²) in [6.07, 6.45) is 2.83. The Morgan fingerprint density at radius 3 is 2.59 bits per heavy atom. The summed E-state index contributed by atoms with van der Waals surface area (Å²) < 4.78 is 0. The predicted octanol–water partition coefficient (Wildman–Crippen LogP) is 1.68. The molecule has 0 atom stereocenters. The predicted molar refractivity (Wildman–Crippen MR) is 69.7 cm³/mol. The van der Waals surface area contributed by atoms with Crippen LogP contribution in [0, 0.1) is 0 Å².